The van der Waals surface area contributed by atoms with Crippen molar-refractivity contribution in [3.63, 3.8) is 0 Å². The predicted molar refractivity (Wildman–Crippen MR) is 115 cm³/mol. The molecule has 0 radical (unpaired) electrons. The zero-order chi connectivity index (χ0) is 20.9. The SMILES string of the molecule is CO[C@H]1O[C@@H]2COC(c3ccccc3)O[C@H]2[C@@H](SCc2ccccc2)[C@@H]1NC(C)=O. The Kier molecular flexibility index (Phi) is 7.07. The Morgan fingerprint density at radius 3 is 2.47 bits per heavy atom. The van der Waals surface area contributed by atoms with Gasteiger partial charge in [-0.3, -0.25) is 4.79 Å². The molecular formula is C23H27NO5S. The molecule has 2 aromatic rings. The molecule has 0 saturated carbocycles. The average Bonchev–Trinajstić information content (AvgIpc) is 2.78. The maximum absolute atomic E-state index is 11.9. The van der Waals surface area contributed by atoms with Crippen LogP contribution in [0, 0.1) is 0 Å². The smallest absolute Gasteiger partial charge is 0.217 e. The first kappa shape index (κ1) is 21.3. The van der Waals surface area contributed by atoms with Crippen molar-refractivity contribution in [3.8, 4) is 0 Å². The van der Waals surface area contributed by atoms with Crippen LogP contribution in [-0.4, -0.2) is 49.4 Å². The lowest BCUT2D eigenvalue weighted by Gasteiger charge is -2.49. The molecule has 2 aliphatic rings. The Morgan fingerprint density at radius 1 is 1.10 bits per heavy atom. The molecule has 1 N–H and O–H groups in total. The van der Waals surface area contributed by atoms with E-state index < -0.39 is 12.6 Å². The third kappa shape index (κ3) is 4.87. The van der Waals surface area contributed by atoms with Gasteiger partial charge >= 0.3 is 0 Å². The fraction of sp³-hybridized carbons (Fsp3) is 0.435. The molecule has 1 amide bonds. The molecule has 2 fully saturated rings. The summed E-state index contributed by atoms with van der Waals surface area (Å²) >= 11 is 1.75. The largest absolute Gasteiger partial charge is 0.354 e. The molecule has 6 atom stereocenters. The van der Waals surface area contributed by atoms with Gasteiger partial charge in [0, 0.05) is 25.3 Å². The highest BCUT2D eigenvalue weighted by atomic mass is 32.2. The van der Waals surface area contributed by atoms with Crippen LogP contribution in [0.1, 0.15) is 24.3 Å². The third-order valence-corrected chi connectivity index (χ3v) is 6.74. The van der Waals surface area contributed by atoms with E-state index in [1.165, 1.54) is 12.5 Å². The number of carbonyl (C=O) groups excluding carboxylic acids is 1. The summed E-state index contributed by atoms with van der Waals surface area (Å²) in [6.45, 7) is 1.91. The van der Waals surface area contributed by atoms with Crippen molar-refractivity contribution in [2.45, 2.75) is 48.8 Å². The molecule has 7 heteroatoms. The summed E-state index contributed by atoms with van der Waals surface area (Å²) in [7, 11) is 1.59. The van der Waals surface area contributed by atoms with Gasteiger partial charge in [0.1, 0.15) is 12.2 Å². The van der Waals surface area contributed by atoms with Crippen LogP contribution in [0.5, 0.6) is 0 Å². The normalized spacial score (nSPS) is 31.0. The Morgan fingerprint density at radius 2 is 1.80 bits per heavy atom. The molecule has 6 nitrogen and oxygen atoms in total. The molecule has 1 unspecified atom stereocenters. The van der Waals surface area contributed by atoms with Crippen molar-refractivity contribution < 1.29 is 23.7 Å². The van der Waals surface area contributed by atoms with Crippen LogP contribution in [0.3, 0.4) is 0 Å². The molecule has 2 saturated heterocycles. The highest BCUT2D eigenvalue weighted by Crippen LogP contribution is 2.39. The molecule has 4 rings (SSSR count). The summed E-state index contributed by atoms with van der Waals surface area (Å²) in [6, 6.07) is 19.8. The number of rotatable bonds is 6. The Hall–Kier alpha value is -1.90. The second kappa shape index (κ2) is 9.94. The minimum absolute atomic E-state index is 0.0621. The van der Waals surface area contributed by atoms with E-state index in [1.807, 2.05) is 48.5 Å². The third-order valence-electron chi connectivity index (χ3n) is 5.30. The highest BCUT2D eigenvalue weighted by Gasteiger charge is 2.50. The molecule has 2 aliphatic heterocycles. The van der Waals surface area contributed by atoms with Crippen molar-refractivity contribution in [2.75, 3.05) is 13.7 Å². The van der Waals surface area contributed by atoms with Crippen molar-refractivity contribution in [3.05, 3.63) is 71.8 Å². The van der Waals surface area contributed by atoms with Gasteiger partial charge in [0.25, 0.3) is 0 Å². The first-order chi connectivity index (χ1) is 14.7. The van der Waals surface area contributed by atoms with E-state index in [0.29, 0.717) is 6.61 Å². The molecule has 0 spiro atoms. The van der Waals surface area contributed by atoms with Gasteiger partial charge in [0.2, 0.25) is 5.91 Å². The first-order valence-corrected chi connectivity index (χ1v) is 11.1. The van der Waals surface area contributed by atoms with Crippen molar-refractivity contribution in [1.82, 2.24) is 5.32 Å². The predicted octanol–water partition coefficient (Wildman–Crippen LogP) is 3.28. The maximum atomic E-state index is 11.9. The fourth-order valence-electron chi connectivity index (χ4n) is 3.91. The van der Waals surface area contributed by atoms with Gasteiger partial charge in [-0.15, -0.1) is 11.8 Å². The number of thioether (sulfide) groups is 1. The lowest BCUT2D eigenvalue weighted by Crippen LogP contribution is -2.65. The molecule has 30 heavy (non-hydrogen) atoms. The number of nitrogens with one attached hydrogen (secondary N) is 1. The van der Waals surface area contributed by atoms with Crippen LogP contribution in [-0.2, 0) is 29.5 Å². The van der Waals surface area contributed by atoms with Crippen LogP contribution < -0.4 is 5.32 Å². The van der Waals surface area contributed by atoms with Crippen molar-refractivity contribution in [2.24, 2.45) is 0 Å². The molecular weight excluding hydrogens is 402 g/mol. The summed E-state index contributed by atoms with van der Waals surface area (Å²) in [4.78, 5) is 11.9. The quantitative estimate of drug-likeness (QED) is 0.760. The van der Waals surface area contributed by atoms with Crippen molar-refractivity contribution in [1.29, 1.82) is 0 Å². The van der Waals surface area contributed by atoms with Gasteiger partial charge in [0.05, 0.1) is 17.9 Å². The summed E-state index contributed by atoms with van der Waals surface area (Å²) in [5, 5.41) is 2.96. The van der Waals surface area contributed by atoms with E-state index in [2.05, 4.69) is 17.4 Å². The summed E-state index contributed by atoms with van der Waals surface area (Å²) in [5.41, 5.74) is 2.18. The molecule has 2 aromatic carbocycles. The Balaban J connectivity index is 1.58. The van der Waals surface area contributed by atoms with E-state index in [1.54, 1.807) is 18.9 Å². The van der Waals surface area contributed by atoms with E-state index in [-0.39, 0.29) is 29.4 Å². The molecule has 0 aromatic heterocycles. The summed E-state index contributed by atoms with van der Waals surface area (Å²) < 4.78 is 24.1. The number of carbonyl (C=O) groups is 1. The van der Waals surface area contributed by atoms with Gasteiger partial charge < -0.3 is 24.3 Å². The molecule has 160 valence electrons. The molecule has 0 aliphatic carbocycles. The first-order valence-electron chi connectivity index (χ1n) is 10.1. The fourth-order valence-corrected chi connectivity index (χ4v) is 5.32. The second-order valence-electron chi connectivity index (χ2n) is 7.44. The number of benzene rings is 2. The molecule has 0 bridgehead atoms. The topological polar surface area (TPSA) is 66.0 Å². The van der Waals surface area contributed by atoms with Gasteiger partial charge in [0.15, 0.2) is 12.6 Å². The van der Waals surface area contributed by atoms with E-state index in [4.69, 9.17) is 18.9 Å². The van der Waals surface area contributed by atoms with Crippen LogP contribution >= 0.6 is 11.8 Å². The molecule has 2 heterocycles. The van der Waals surface area contributed by atoms with E-state index in [0.717, 1.165) is 11.3 Å². The van der Waals surface area contributed by atoms with E-state index >= 15 is 0 Å². The number of hydrogen-bond acceptors (Lipinski definition) is 6. The van der Waals surface area contributed by atoms with Gasteiger partial charge in [-0.1, -0.05) is 60.7 Å². The van der Waals surface area contributed by atoms with Crippen LogP contribution in [0.25, 0.3) is 0 Å². The van der Waals surface area contributed by atoms with Gasteiger partial charge in [-0.2, -0.15) is 0 Å². The van der Waals surface area contributed by atoms with Gasteiger partial charge in [-0.25, -0.2) is 0 Å². The lowest BCUT2D eigenvalue weighted by molar-refractivity contribution is -0.316. The minimum Gasteiger partial charge on any atom is -0.354 e. The zero-order valence-corrected chi connectivity index (χ0v) is 17.9. The Labute approximate surface area is 181 Å². The summed E-state index contributed by atoms with van der Waals surface area (Å²) in [5.74, 6) is 0.669. The van der Waals surface area contributed by atoms with Crippen LogP contribution in [0.4, 0.5) is 0 Å². The number of fused-ring (bicyclic) bond motifs is 1. The highest BCUT2D eigenvalue weighted by molar-refractivity contribution is 7.99. The number of amides is 1. The zero-order valence-electron chi connectivity index (χ0n) is 17.1. The summed E-state index contributed by atoms with van der Waals surface area (Å²) in [6.07, 6.45) is -1.55. The van der Waals surface area contributed by atoms with Crippen LogP contribution in [0.15, 0.2) is 60.7 Å². The number of hydrogen-bond donors (Lipinski definition) is 1. The average molecular weight is 430 g/mol. The second-order valence-corrected chi connectivity index (χ2v) is 8.61. The number of methoxy groups -OCH3 is 1. The minimum atomic E-state index is -0.566. The maximum Gasteiger partial charge on any atom is 0.217 e. The Bertz CT molecular complexity index is 821. The number of ether oxygens (including phenoxy) is 4. The van der Waals surface area contributed by atoms with Crippen molar-refractivity contribution >= 4 is 17.7 Å². The van der Waals surface area contributed by atoms with Gasteiger partial charge in [-0.05, 0) is 5.56 Å². The van der Waals surface area contributed by atoms with Crippen LogP contribution in [0.2, 0.25) is 0 Å². The monoisotopic (exact) mass is 429 g/mol. The van der Waals surface area contributed by atoms with E-state index in [9.17, 15) is 4.79 Å². The standard InChI is InChI=1S/C23H27NO5S/c1-15(25)24-19-21(30-14-16-9-5-3-6-10-16)20-18(28-23(19)26-2)13-27-22(29-20)17-11-7-4-8-12-17/h3-12,18-23H,13-14H2,1-2H3,(H,24,25)/t18-,19+,20-,21+,22?,23+/m1/s1. The lowest BCUT2D eigenvalue weighted by atomic mass is 9.98.